The summed E-state index contributed by atoms with van der Waals surface area (Å²) in [5.41, 5.74) is 0.0501. The number of nitrogens with one attached hydrogen (secondary N) is 1. The van der Waals surface area contributed by atoms with Gasteiger partial charge in [0.2, 0.25) is 5.91 Å². The summed E-state index contributed by atoms with van der Waals surface area (Å²) in [5.74, 6) is -0.301. The molecule has 3 rings (SSSR count). The van der Waals surface area contributed by atoms with E-state index in [0.717, 1.165) is 25.7 Å². The second-order valence-electron chi connectivity index (χ2n) is 5.37. The van der Waals surface area contributed by atoms with Gasteiger partial charge in [0.1, 0.15) is 0 Å². The van der Waals surface area contributed by atoms with Crippen LogP contribution in [0.3, 0.4) is 0 Å². The van der Waals surface area contributed by atoms with Crippen LogP contribution in [0.5, 0.6) is 0 Å². The lowest BCUT2D eigenvalue weighted by molar-refractivity contribution is -0.198. The Kier molecular flexibility index (Phi) is 2.52. The topological polar surface area (TPSA) is 47.6 Å². The van der Waals surface area contributed by atoms with E-state index in [2.05, 4.69) is 11.9 Å². The van der Waals surface area contributed by atoms with Gasteiger partial charge in [-0.15, -0.1) is 6.58 Å². The number of hydrogen-bond acceptors (Lipinski definition) is 3. The van der Waals surface area contributed by atoms with E-state index < -0.39 is 5.79 Å². The van der Waals surface area contributed by atoms with E-state index in [1.807, 2.05) is 6.08 Å². The van der Waals surface area contributed by atoms with Crippen molar-refractivity contribution in [1.29, 1.82) is 0 Å². The van der Waals surface area contributed by atoms with E-state index in [9.17, 15) is 4.79 Å². The normalized spacial score (nSPS) is 39.8. The van der Waals surface area contributed by atoms with Gasteiger partial charge in [0.15, 0.2) is 5.79 Å². The fraction of sp³-hybridized carbons (Fsp3) is 0.769. The average molecular weight is 237 g/mol. The molecule has 0 aromatic rings. The number of rotatable bonds is 1. The number of hydrogen-bond donors (Lipinski definition) is 1. The van der Waals surface area contributed by atoms with Gasteiger partial charge in [0.05, 0.1) is 13.2 Å². The summed E-state index contributed by atoms with van der Waals surface area (Å²) in [4.78, 5) is 11.6. The molecule has 2 atom stereocenters. The first-order valence-corrected chi connectivity index (χ1v) is 6.39. The molecule has 3 aliphatic rings. The van der Waals surface area contributed by atoms with Crippen LogP contribution >= 0.6 is 0 Å². The van der Waals surface area contributed by atoms with Gasteiger partial charge < -0.3 is 14.8 Å². The van der Waals surface area contributed by atoms with Gasteiger partial charge in [-0.25, -0.2) is 0 Å². The predicted molar refractivity (Wildman–Crippen MR) is 62.3 cm³/mol. The molecule has 0 aromatic carbocycles. The molecule has 2 aliphatic heterocycles. The molecule has 1 N–H and O–H groups in total. The third kappa shape index (κ3) is 1.70. The van der Waals surface area contributed by atoms with Gasteiger partial charge in [-0.1, -0.05) is 6.08 Å². The zero-order valence-corrected chi connectivity index (χ0v) is 10.0. The minimum absolute atomic E-state index is 0.0501. The van der Waals surface area contributed by atoms with Gasteiger partial charge in [0, 0.05) is 30.7 Å². The highest BCUT2D eigenvalue weighted by Gasteiger charge is 2.52. The van der Waals surface area contributed by atoms with Crippen molar-refractivity contribution in [2.45, 2.75) is 43.9 Å². The fourth-order valence-corrected chi connectivity index (χ4v) is 3.43. The highest BCUT2D eigenvalue weighted by atomic mass is 16.7. The molecule has 0 unspecified atom stereocenters. The molecule has 4 nitrogen and oxygen atoms in total. The number of fused-ring (bicyclic) bond motifs is 1. The van der Waals surface area contributed by atoms with E-state index in [-0.39, 0.29) is 17.4 Å². The number of carbonyl (C=O) groups excluding carboxylic acids is 1. The van der Waals surface area contributed by atoms with Crippen LogP contribution < -0.4 is 5.32 Å². The minimum atomic E-state index is -0.443. The summed E-state index contributed by atoms with van der Waals surface area (Å²) in [6.45, 7) is 5.30. The van der Waals surface area contributed by atoms with Crippen molar-refractivity contribution in [3.8, 4) is 0 Å². The molecule has 1 aliphatic carbocycles. The number of amides is 1. The first-order chi connectivity index (χ1) is 8.18. The lowest BCUT2D eigenvalue weighted by atomic mass is 9.64. The van der Waals surface area contributed by atoms with Gasteiger partial charge in [-0.05, 0) is 12.8 Å². The molecule has 0 radical (unpaired) electrons. The Balaban J connectivity index is 1.83. The SMILES string of the molecule is C=C[C@@]12CCC(=O)N[C@H]1CC1(CC2)OCCO1. The predicted octanol–water partition coefficient (Wildman–Crippen LogP) is 1.36. The Morgan fingerprint density at radius 2 is 2.06 bits per heavy atom. The Morgan fingerprint density at radius 1 is 1.29 bits per heavy atom. The quantitative estimate of drug-likeness (QED) is 0.701. The van der Waals surface area contributed by atoms with Crippen LogP contribution in [0, 0.1) is 5.41 Å². The largest absolute Gasteiger partial charge is 0.352 e. The maximum Gasteiger partial charge on any atom is 0.220 e. The van der Waals surface area contributed by atoms with Crippen LogP contribution in [-0.2, 0) is 14.3 Å². The van der Waals surface area contributed by atoms with Crippen LogP contribution in [0.1, 0.15) is 32.1 Å². The third-order valence-electron chi connectivity index (χ3n) is 4.55. The average Bonchev–Trinajstić information content (AvgIpc) is 2.78. The van der Waals surface area contributed by atoms with E-state index in [0.29, 0.717) is 19.6 Å². The smallest absolute Gasteiger partial charge is 0.220 e. The molecule has 1 amide bonds. The van der Waals surface area contributed by atoms with Crippen LogP contribution in [-0.4, -0.2) is 30.9 Å². The molecule has 1 spiro atoms. The Hall–Kier alpha value is -0.870. The number of piperidine rings is 1. The van der Waals surface area contributed by atoms with E-state index in [1.54, 1.807) is 0 Å². The number of carbonyl (C=O) groups is 1. The standard InChI is InChI=1S/C13H19NO3/c1-2-12-4-3-11(15)14-10(12)9-13(6-5-12)16-7-8-17-13/h2,10H,1,3-9H2,(H,14,15)/t10-,12-/m0/s1. The molecule has 17 heavy (non-hydrogen) atoms. The second kappa shape index (κ2) is 3.82. The summed E-state index contributed by atoms with van der Waals surface area (Å²) in [6.07, 6.45) is 6.19. The highest BCUT2D eigenvalue weighted by Crippen LogP contribution is 2.49. The van der Waals surface area contributed by atoms with Crippen LogP contribution in [0.2, 0.25) is 0 Å². The fourth-order valence-electron chi connectivity index (χ4n) is 3.43. The third-order valence-corrected chi connectivity index (χ3v) is 4.55. The molecule has 94 valence electrons. The lowest BCUT2D eigenvalue weighted by Crippen LogP contribution is -2.58. The van der Waals surface area contributed by atoms with Gasteiger partial charge in [0.25, 0.3) is 0 Å². The summed E-state index contributed by atoms with van der Waals surface area (Å²) in [5, 5.41) is 3.09. The molecule has 0 aromatic heterocycles. The molecule has 4 heteroatoms. The first-order valence-electron chi connectivity index (χ1n) is 6.39. The zero-order chi connectivity index (χ0) is 11.9. The lowest BCUT2D eigenvalue weighted by Gasteiger charge is -2.50. The van der Waals surface area contributed by atoms with E-state index in [1.165, 1.54) is 0 Å². The van der Waals surface area contributed by atoms with Crippen LogP contribution in [0.15, 0.2) is 12.7 Å². The van der Waals surface area contributed by atoms with Crippen molar-refractivity contribution in [1.82, 2.24) is 5.32 Å². The van der Waals surface area contributed by atoms with Crippen molar-refractivity contribution in [3.63, 3.8) is 0 Å². The Bertz CT molecular complexity index is 349. The van der Waals surface area contributed by atoms with Crippen molar-refractivity contribution < 1.29 is 14.3 Å². The zero-order valence-electron chi connectivity index (χ0n) is 10.0. The van der Waals surface area contributed by atoms with Crippen molar-refractivity contribution >= 4 is 5.91 Å². The summed E-state index contributed by atoms with van der Waals surface area (Å²) < 4.78 is 11.5. The molecular formula is C13H19NO3. The van der Waals surface area contributed by atoms with E-state index in [4.69, 9.17) is 9.47 Å². The van der Waals surface area contributed by atoms with Crippen molar-refractivity contribution in [2.24, 2.45) is 5.41 Å². The molecule has 2 saturated heterocycles. The first kappa shape index (κ1) is 11.2. The monoisotopic (exact) mass is 237 g/mol. The second-order valence-corrected chi connectivity index (χ2v) is 5.37. The summed E-state index contributed by atoms with van der Waals surface area (Å²) in [7, 11) is 0. The van der Waals surface area contributed by atoms with E-state index >= 15 is 0 Å². The van der Waals surface area contributed by atoms with Crippen molar-refractivity contribution in [2.75, 3.05) is 13.2 Å². The molecular weight excluding hydrogens is 218 g/mol. The van der Waals surface area contributed by atoms with Crippen LogP contribution in [0.25, 0.3) is 0 Å². The Labute approximate surface area is 101 Å². The van der Waals surface area contributed by atoms with Crippen LogP contribution in [0.4, 0.5) is 0 Å². The summed E-state index contributed by atoms with van der Waals surface area (Å²) >= 11 is 0. The van der Waals surface area contributed by atoms with Crippen molar-refractivity contribution in [3.05, 3.63) is 12.7 Å². The Morgan fingerprint density at radius 3 is 2.76 bits per heavy atom. The minimum Gasteiger partial charge on any atom is -0.352 e. The summed E-state index contributed by atoms with van der Waals surface area (Å²) in [6, 6.07) is 0.119. The molecule has 0 bridgehead atoms. The molecule has 2 heterocycles. The van der Waals surface area contributed by atoms with Gasteiger partial charge in [-0.3, -0.25) is 4.79 Å². The maximum atomic E-state index is 11.6. The van der Waals surface area contributed by atoms with Gasteiger partial charge in [-0.2, -0.15) is 0 Å². The molecule has 3 fully saturated rings. The highest BCUT2D eigenvalue weighted by molar-refractivity contribution is 5.77. The maximum absolute atomic E-state index is 11.6. The molecule has 1 saturated carbocycles. The van der Waals surface area contributed by atoms with Gasteiger partial charge >= 0.3 is 0 Å². The number of ether oxygens (including phenoxy) is 2.